The maximum Gasteiger partial charge on any atom is 0.120 e. The minimum Gasteiger partial charge on any atom is -0.490 e. The highest BCUT2D eigenvalue weighted by Gasteiger charge is 2.15. The van der Waals surface area contributed by atoms with Crippen molar-refractivity contribution in [1.29, 1.82) is 0 Å². The van der Waals surface area contributed by atoms with Gasteiger partial charge in [0, 0.05) is 18.3 Å². The Labute approximate surface area is 107 Å². The van der Waals surface area contributed by atoms with Crippen molar-refractivity contribution in [3.05, 3.63) is 29.8 Å². The largest absolute Gasteiger partial charge is 0.490 e. The first-order valence-electron chi connectivity index (χ1n) is 6.25. The molecule has 0 radical (unpaired) electrons. The molecule has 17 heavy (non-hydrogen) atoms. The number of thioether (sulfide) groups is 1. The van der Waals surface area contributed by atoms with Crippen molar-refractivity contribution in [1.82, 2.24) is 0 Å². The second-order valence-corrected chi connectivity index (χ2v) is 5.76. The molecule has 2 rings (SSSR count). The van der Waals surface area contributed by atoms with Crippen molar-refractivity contribution < 1.29 is 9.84 Å². The van der Waals surface area contributed by atoms with Crippen molar-refractivity contribution in [3.63, 3.8) is 0 Å². The van der Waals surface area contributed by atoms with Gasteiger partial charge in [-0.05, 0) is 36.3 Å². The molecule has 0 bridgehead atoms. The van der Waals surface area contributed by atoms with Gasteiger partial charge in [0.05, 0.1) is 0 Å². The highest BCUT2D eigenvalue weighted by atomic mass is 32.2. The summed E-state index contributed by atoms with van der Waals surface area (Å²) >= 11 is 1.97. The van der Waals surface area contributed by atoms with Crippen molar-refractivity contribution in [2.45, 2.75) is 31.8 Å². The summed E-state index contributed by atoms with van der Waals surface area (Å²) in [5.41, 5.74) is 1.15. The highest BCUT2D eigenvalue weighted by molar-refractivity contribution is 7.99. The van der Waals surface area contributed by atoms with Gasteiger partial charge in [-0.15, -0.1) is 0 Å². The molecular formula is C14H20O2S. The van der Waals surface area contributed by atoms with Gasteiger partial charge < -0.3 is 9.84 Å². The first kappa shape index (κ1) is 12.8. The van der Waals surface area contributed by atoms with E-state index in [9.17, 15) is 0 Å². The molecule has 1 aromatic carbocycles. The Morgan fingerprint density at radius 1 is 1.53 bits per heavy atom. The van der Waals surface area contributed by atoms with Crippen molar-refractivity contribution >= 4 is 11.8 Å². The first-order chi connectivity index (χ1) is 8.29. The summed E-state index contributed by atoms with van der Waals surface area (Å²) < 4.78 is 5.99. The lowest BCUT2D eigenvalue weighted by Crippen LogP contribution is -2.23. The lowest BCUT2D eigenvalue weighted by atomic mass is 10.0. The molecule has 2 atom stereocenters. The standard InChI is InChI=1S/C14H20O2S/c1-11(9-15)12-4-2-5-13(8-12)16-14-6-3-7-17-10-14/h2,4-5,8,11,14-15H,3,6-7,9-10H2,1H3. The zero-order valence-corrected chi connectivity index (χ0v) is 11.1. The molecule has 3 heteroatoms. The van der Waals surface area contributed by atoms with Crippen LogP contribution in [0.1, 0.15) is 31.2 Å². The SMILES string of the molecule is CC(CO)c1cccc(OC2CCCSC2)c1. The van der Waals surface area contributed by atoms with Crippen LogP contribution in [0.15, 0.2) is 24.3 Å². The van der Waals surface area contributed by atoms with Gasteiger partial charge in [-0.2, -0.15) is 11.8 Å². The lowest BCUT2D eigenvalue weighted by Gasteiger charge is -2.23. The average Bonchev–Trinajstić information content (AvgIpc) is 2.39. The van der Waals surface area contributed by atoms with E-state index in [-0.39, 0.29) is 12.5 Å². The van der Waals surface area contributed by atoms with Crippen LogP contribution in [0.4, 0.5) is 0 Å². The molecule has 1 aliphatic heterocycles. The smallest absolute Gasteiger partial charge is 0.120 e. The number of aliphatic hydroxyl groups excluding tert-OH is 1. The third-order valence-electron chi connectivity index (χ3n) is 3.12. The first-order valence-corrected chi connectivity index (χ1v) is 7.40. The molecule has 0 spiro atoms. The molecule has 2 unspecified atom stereocenters. The van der Waals surface area contributed by atoms with Crippen LogP contribution in [0.5, 0.6) is 5.75 Å². The van der Waals surface area contributed by atoms with Crippen LogP contribution in [0.2, 0.25) is 0 Å². The third kappa shape index (κ3) is 3.65. The summed E-state index contributed by atoms with van der Waals surface area (Å²) in [6.45, 7) is 2.21. The molecule has 0 amide bonds. The summed E-state index contributed by atoms with van der Waals surface area (Å²) in [7, 11) is 0. The zero-order valence-electron chi connectivity index (χ0n) is 10.3. The molecule has 1 aliphatic rings. The summed E-state index contributed by atoms with van der Waals surface area (Å²) in [6.07, 6.45) is 2.77. The Balaban J connectivity index is 2.00. The quantitative estimate of drug-likeness (QED) is 0.893. The van der Waals surface area contributed by atoms with E-state index in [4.69, 9.17) is 9.84 Å². The van der Waals surface area contributed by atoms with Crippen LogP contribution < -0.4 is 4.74 Å². The predicted octanol–water partition coefficient (Wildman–Crippen LogP) is 3.06. The average molecular weight is 252 g/mol. The Morgan fingerprint density at radius 2 is 2.41 bits per heavy atom. The van der Waals surface area contributed by atoms with E-state index in [1.165, 1.54) is 12.2 Å². The molecule has 1 heterocycles. The maximum absolute atomic E-state index is 9.16. The van der Waals surface area contributed by atoms with Crippen LogP contribution >= 0.6 is 11.8 Å². The minimum absolute atomic E-state index is 0.180. The summed E-state index contributed by atoms with van der Waals surface area (Å²) in [6, 6.07) is 8.11. The van der Waals surface area contributed by atoms with E-state index >= 15 is 0 Å². The number of rotatable bonds is 4. The van der Waals surface area contributed by atoms with Gasteiger partial charge >= 0.3 is 0 Å². The van der Waals surface area contributed by atoms with E-state index in [1.54, 1.807) is 0 Å². The molecule has 0 saturated carbocycles. The van der Waals surface area contributed by atoms with E-state index < -0.39 is 0 Å². The Kier molecular flexibility index (Phi) is 4.75. The van der Waals surface area contributed by atoms with Gasteiger partial charge in [0.25, 0.3) is 0 Å². The van der Waals surface area contributed by atoms with Crippen molar-refractivity contribution in [2.24, 2.45) is 0 Å². The fourth-order valence-electron chi connectivity index (χ4n) is 2.00. The summed E-state index contributed by atoms with van der Waals surface area (Å²) in [5, 5.41) is 9.16. The minimum atomic E-state index is 0.180. The normalized spacial score (nSPS) is 22.1. The lowest BCUT2D eigenvalue weighted by molar-refractivity contribution is 0.211. The molecule has 0 aromatic heterocycles. The van der Waals surface area contributed by atoms with Crippen LogP contribution in [0, 0.1) is 0 Å². The van der Waals surface area contributed by atoms with E-state index in [0.717, 1.165) is 23.5 Å². The van der Waals surface area contributed by atoms with Crippen LogP contribution in [0.3, 0.4) is 0 Å². The number of benzene rings is 1. The molecule has 94 valence electrons. The van der Waals surface area contributed by atoms with Crippen LogP contribution in [0.25, 0.3) is 0 Å². The predicted molar refractivity (Wildman–Crippen MR) is 72.9 cm³/mol. The van der Waals surface area contributed by atoms with E-state index in [0.29, 0.717) is 6.10 Å². The second kappa shape index (κ2) is 6.31. The molecule has 0 aliphatic carbocycles. The molecular weight excluding hydrogens is 232 g/mol. The molecule has 1 fully saturated rings. The molecule has 1 aromatic rings. The second-order valence-electron chi connectivity index (χ2n) is 4.61. The van der Waals surface area contributed by atoms with Gasteiger partial charge in [0.2, 0.25) is 0 Å². The monoisotopic (exact) mass is 252 g/mol. The number of aliphatic hydroxyl groups is 1. The number of ether oxygens (including phenoxy) is 1. The molecule has 2 nitrogen and oxygen atoms in total. The molecule has 1 saturated heterocycles. The van der Waals surface area contributed by atoms with Gasteiger partial charge in [-0.25, -0.2) is 0 Å². The van der Waals surface area contributed by atoms with Crippen LogP contribution in [-0.4, -0.2) is 29.3 Å². The highest BCUT2D eigenvalue weighted by Crippen LogP contribution is 2.25. The topological polar surface area (TPSA) is 29.5 Å². The maximum atomic E-state index is 9.16. The van der Waals surface area contributed by atoms with E-state index in [2.05, 4.69) is 6.07 Å². The Morgan fingerprint density at radius 3 is 3.12 bits per heavy atom. The van der Waals surface area contributed by atoms with Gasteiger partial charge in [-0.3, -0.25) is 0 Å². The summed E-state index contributed by atoms with van der Waals surface area (Å²) in [5.74, 6) is 3.48. The number of hydrogen-bond acceptors (Lipinski definition) is 3. The van der Waals surface area contributed by atoms with Gasteiger partial charge in [0.15, 0.2) is 0 Å². The third-order valence-corrected chi connectivity index (χ3v) is 4.31. The zero-order chi connectivity index (χ0) is 12.1. The number of hydrogen-bond donors (Lipinski definition) is 1. The Bertz CT molecular complexity index is 348. The Hall–Kier alpha value is -0.670. The van der Waals surface area contributed by atoms with Gasteiger partial charge in [0.1, 0.15) is 11.9 Å². The van der Waals surface area contributed by atoms with Crippen molar-refractivity contribution in [2.75, 3.05) is 18.1 Å². The van der Waals surface area contributed by atoms with Gasteiger partial charge in [-0.1, -0.05) is 19.1 Å². The molecule has 1 N–H and O–H groups in total. The van der Waals surface area contributed by atoms with Crippen molar-refractivity contribution in [3.8, 4) is 5.75 Å². The summed E-state index contributed by atoms with van der Waals surface area (Å²) in [4.78, 5) is 0. The fraction of sp³-hybridized carbons (Fsp3) is 0.571. The fourth-order valence-corrected chi connectivity index (χ4v) is 3.03. The van der Waals surface area contributed by atoms with Crippen LogP contribution in [-0.2, 0) is 0 Å². The van der Waals surface area contributed by atoms with E-state index in [1.807, 2.05) is 36.9 Å².